The van der Waals surface area contributed by atoms with Gasteiger partial charge < -0.3 is 10.2 Å². The van der Waals surface area contributed by atoms with Crippen molar-refractivity contribution in [3.05, 3.63) is 35.9 Å². The maximum atomic E-state index is 12.8. The van der Waals surface area contributed by atoms with Crippen molar-refractivity contribution in [1.29, 1.82) is 0 Å². The first-order chi connectivity index (χ1) is 11.8. The Kier molecular flexibility index (Phi) is 6.99. The van der Waals surface area contributed by atoms with Gasteiger partial charge in [-0.05, 0) is 40.1 Å². The van der Waals surface area contributed by atoms with Gasteiger partial charge in [0.2, 0.25) is 5.91 Å². The second kappa shape index (κ2) is 8.79. The molecule has 1 aliphatic rings. The molecule has 0 aromatic heterocycles. The number of likely N-dealkylation sites (N-methyl/N-ethyl adjacent to an activating group) is 2. The molecule has 1 aromatic rings. The van der Waals surface area contributed by atoms with Crippen LogP contribution in [0.15, 0.2) is 30.3 Å². The summed E-state index contributed by atoms with van der Waals surface area (Å²) >= 11 is 0. The summed E-state index contributed by atoms with van der Waals surface area (Å²) in [5.74, 6) is 0.0662. The summed E-state index contributed by atoms with van der Waals surface area (Å²) in [7, 11) is 3.90. The van der Waals surface area contributed by atoms with E-state index in [1.54, 1.807) is 0 Å². The van der Waals surface area contributed by atoms with Crippen LogP contribution < -0.4 is 5.32 Å². The van der Waals surface area contributed by atoms with E-state index in [2.05, 4.69) is 35.9 Å². The molecule has 140 valence electrons. The van der Waals surface area contributed by atoms with Crippen LogP contribution >= 0.6 is 0 Å². The van der Waals surface area contributed by atoms with Gasteiger partial charge in [-0.1, -0.05) is 37.3 Å². The van der Waals surface area contributed by atoms with E-state index in [4.69, 9.17) is 0 Å². The Morgan fingerprint density at radius 1 is 1.16 bits per heavy atom. The fourth-order valence-corrected chi connectivity index (χ4v) is 3.50. The number of carbonyl (C=O) groups excluding carboxylic acids is 1. The number of benzene rings is 1. The van der Waals surface area contributed by atoms with Crippen LogP contribution in [0.3, 0.4) is 0 Å². The Labute approximate surface area is 153 Å². The lowest BCUT2D eigenvalue weighted by atomic mass is 10.00. The van der Waals surface area contributed by atoms with Gasteiger partial charge in [-0.25, -0.2) is 0 Å². The smallest absolute Gasteiger partial charge is 0.242 e. The van der Waals surface area contributed by atoms with Gasteiger partial charge in [0, 0.05) is 38.3 Å². The van der Waals surface area contributed by atoms with Gasteiger partial charge in [0.25, 0.3) is 0 Å². The Bertz CT molecular complexity index is 536. The second-order valence-electron chi connectivity index (χ2n) is 7.73. The molecule has 1 atom stereocenters. The molecule has 0 spiro atoms. The summed E-state index contributed by atoms with van der Waals surface area (Å²) in [6.45, 7) is 12.8. The third kappa shape index (κ3) is 5.27. The summed E-state index contributed by atoms with van der Waals surface area (Å²) in [6.07, 6.45) is 0. The monoisotopic (exact) mass is 346 g/mol. The van der Waals surface area contributed by atoms with Crippen LogP contribution in [0.4, 0.5) is 0 Å². The van der Waals surface area contributed by atoms with E-state index in [0.717, 1.165) is 38.3 Å². The van der Waals surface area contributed by atoms with E-state index in [0.29, 0.717) is 6.54 Å². The van der Waals surface area contributed by atoms with Crippen LogP contribution in [0.1, 0.15) is 32.4 Å². The highest BCUT2D eigenvalue weighted by molar-refractivity contribution is 5.83. The van der Waals surface area contributed by atoms with Crippen molar-refractivity contribution in [2.75, 3.05) is 53.4 Å². The normalized spacial score (nSPS) is 18.3. The lowest BCUT2D eigenvalue weighted by molar-refractivity contribution is -0.126. The van der Waals surface area contributed by atoms with Crippen molar-refractivity contribution in [2.24, 2.45) is 0 Å². The topological polar surface area (TPSA) is 38.8 Å². The summed E-state index contributed by atoms with van der Waals surface area (Å²) in [4.78, 5) is 19.8. The van der Waals surface area contributed by atoms with Crippen LogP contribution in [0, 0.1) is 0 Å². The third-order valence-corrected chi connectivity index (χ3v) is 5.25. The molecule has 0 saturated carbocycles. The highest BCUT2D eigenvalue weighted by atomic mass is 16.2. The summed E-state index contributed by atoms with van der Waals surface area (Å²) in [6, 6.07) is 9.72. The van der Waals surface area contributed by atoms with E-state index >= 15 is 0 Å². The second-order valence-corrected chi connectivity index (χ2v) is 7.73. The molecular weight excluding hydrogens is 312 g/mol. The predicted octanol–water partition coefficient (Wildman–Crippen LogP) is 1.82. The van der Waals surface area contributed by atoms with Crippen molar-refractivity contribution in [3.63, 3.8) is 0 Å². The molecule has 1 fully saturated rings. The number of nitrogens with zero attached hydrogens (tertiary/aromatic N) is 3. The van der Waals surface area contributed by atoms with Crippen molar-refractivity contribution >= 4 is 5.91 Å². The molecule has 1 saturated heterocycles. The zero-order valence-corrected chi connectivity index (χ0v) is 16.5. The number of hydrogen-bond donors (Lipinski definition) is 1. The molecular formula is C20H34N4O. The molecule has 1 amide bonds. The first-order valence-electron chi connectivity index (χ1n) is 9.31. The minimum absolute atomic E-state index is 0.0386. The van der Waals surface area contributed by atoms with Crippen molar-refractivity contribution < 1.29 is 4.79 Å². The quantitative estimate of drug-likeness (QED) is 0.817. The van der Waals surface area contributed by atoms with Crippen LogP contribution in [0.25, 0.3) is 0 Å². The molecule has 1 unspecified atom stereocenters. The highest BCUT2D eigenvalue weighted by Gasteiger charge is 2.31. The van der Waals surface area contributed by atoms with Crippen molar-refractivity contribution in [2.45, 2.75) is 32.4 Å². The third-order valence-electron chi connectivity index (χ3n) is 5.25. The molecule has 5 heteroatoms. The molecule has 0 radical (unpaired) electrons. The van der Waals surface area contributed by atoms with E-state index < -0.39 is 0 Å². The first kappa shape index (κ1) is 19.9. The van der Waals surface area contributed by atoms with E-state index in [1.165, 1.54) is 0 Å². The minimum atomic E-state index is -0.256. The van der Waals surface area contributed by atoms with Gasteiger partial charge in [0.15, 0.2) is 0 Å². The Balaban J connectivity index is 1.95. The van der Waals surface area contributed by atoms with E-state index in [9.17, 15) is 4.79 Å². The maximum absolute atomic E-state index is 12.8. The molecule has 2 rings (SSSR count). The first-order valence-corrected chi connectivity index (χ1v) is 9.31. The number of nitrogens with one attached hydrogen (secondary N) is 1. The van der Waals surface area contributed by atoms with Gasteiger partial charge in [0.05, 0.1) is 0 Å². The maximum Gasteiger partial charge on any atom is 0.242 e. The summed E-state index contributed by atoms with van der Waals surface area (Å²) in [5, 5.41) is 3.19. The number of rotatable bonds is 7. The molecule has 0 bridgehead atoms. The lowest BCUT2D eigenvalue weighted by Gasteiger charge is -2.44. The molecule has 1 heterocycles. The number of carbonyl (C=O) groups is 1. The van der Waals surface area contributed by atoms with Crippen molar-refractivity contribution in [3.8, 4) is 0 Å². The molecule has 1 aliphatic heterocycles. The highest BCUT2D eigenvalue weighted by Crippen LogP contribution is 2.20. The van der Waals surface area contributed by atoms with E-state index in [1.807, 2.05) is 49.3 Å². The number of hydrogen-bond acceptors (Lipinski definition) is 4. The van der Waals surface area contributed by atoms with Gasteiger partial charge in [-0.15, -0.1) is 0 Å². The van der Waals surface area contributed by atoms with Gasteiger partial charge in [-0.2, -0.15) is 0 Å². The summed E-state index contributed by atoms with van der Waals surface area (Å²) in [5.41, 5.74) is 0.989. The fourth-order valence-electron chi connectivity index (χ4n) is 3.50. The number of amides is 1. The number of piperazine rings is 1. The SMILES string of the molecule is CCN1CCN(C(C)(C)CNC(=O)C(c2ccccc2)N(C)C)CC1. The molecule has 0 aliphatic carbocycles. The molecule has 5 nitrogen and oxygen atoms in total. The minimum Gasteiger partial charge on any atom is -0.353 e. The van der Waals surface area contributed by atoms with Crippen molar-refractivity contribution in [1.82, 2.24) is 20.0 Å². The standard InChI is InChI=1S/C20H34N4O/c1-6-23-12-14-24(15-13-23)20(2,3)16-21-19(25)18(22(4)5)17-10-8-7-9-11-17/h7-11,18H,6,12-16H2,1-5H3,(H,21,25). The fraction of sp³-hybridized carbons (Fsp3) is 0.650. The molecule has 1 aromatic carbocycles. The zero-order valence-electron chi connectivity index (χ0n) is 16.5. The Hall–Kier alpha value is -1.43. The molecule has 1 N–H and O–H groups in total. The average Bonchev–Trinajstić information content (AvgIpc) is 2.61. The van der Waals surface area contributed by atoms with Crippen LogP contribution in [0.5, 0.6) is 0 Å². The largest absolute Gasteiger partial charge is 0.353 e. The van der Waals surface area contributed by atoms with E-state index in [-0.39, 0.29) is 17.5 Å². The van der Waals surface area contributed by atoms with Gasteiger partial charge >= 0.3 is 0 Å². The van der Waals surface area contributed by atoms with Gasteiger partial charge in [-0.3, -0.25) is 14.6 Å². The molecule has 25 heavy (non-hydrogen) atoms. The summed E-state index contributed by atoms with van der Waals surface area (Å²) < 4.78 is 0. The van der Waals surface area contributed by atoms with Crippen LogP contribution in [-0.2, 0) is 4.79 Å². The van der Waals surface area contributed by atoms with Crippen LogP contribution in [0.2, 0.25) is 0 Å². The Morgan fingerprint density at radius 2 is 1.76 bits per heavy atom. The predicted molar refractivity (Wildman–Crippen MR) is 104 cm³/mol. The Morgan fingerprint density at radius 3 is 2.28 bits per heavy atom. The lowest BCUT2D eigenvalue weighted by Crippen LogP contribution is -2.58. The average molecular weight is 347 g/mol. The van der Waals surface area contributed by atoms with Gasteiger partial charge in [0.1, 0.15) is 6.04 Å². The van der Waals surface area contributed by atoms with Crippen LogP contribution in [-0.4, -0.2) is 79.5 Å². The zero-order chi connectivity index (χ0) is 18.4.